The first-order valence-electron chi connectivity index (χ1n) is 9.78. The lowest BCUT2D eigenvalue weighted by molar-refractivity contribution is -0.119. The van der Waals surface area contributed by atoms with Gasteiger partial charge in [0.05, 0.1) is 0 Å². The maximum Gasteiger partial charge on any atom is 0.227 e. The lowest BCUT2D eigenvalue weighted by Gasteiger charge is -2.15. The molecule has 0 aliphatic carbocycles. The highest BCUT2D eigenvalue weighted by Gasteiger charge is 2.18. The first-order chi connectivity index (χ1) is 12.5. The van der Waals surface area contributed by atoms with Gasteiger partial charge >= 0.3 is 0 Å². The lowest BCUT2D eigenvalue weighted by atomic mass is 10.0. The van der Waals surface area contributed by atoms with Gasteiger partial charge < -0.3 is 9.88 Å². The molecule has 0 fully saturated rings. The molecule has 0 spiro atoms. The van der Waals surface area contributed by atoms with Gasteiger partial charge in [0.1, 0.15) is 0 Å². The molecule has 1 unspecified atom stereocenters. The van der Waals surface area contributed by atoms with Crippen LogP contribution in [-0.4, -0.2) is 10.5 Å². The predicted molar refractivity (Wildman–Crippen MR) is 112 cm³/mol. The van der Waals surface area contributed by atoms with Gasteiger partial charge in [0.2, 0.25) is 5.91 Å². The Bertz CT molecular complexity index is 936. The van der Waals surface area contributed by atoms with Crippen molar-refractivity contribution in [2.24, 2.45) is 5.92 Å². The van der Waals surface area contributed by atoms with E-state index in [4.69, 9.17) is 0 Å². The summed E-state index contributed by atoms with van der Waals surface area (Å²) in [6.45, 7) is 10.7. The molecule has 0 radical (unpaired) electrons. The van der Waals surface area contributed by atoms with E-state index >= 15 is 0 Å². The molecule has 1 atom stereocenters. The van der Waals surface area contributed by atoms with E-state index in [1.165, 1.54) is 21.8 Å². The molecule has 2 aromatic carbocycles. The minimum absolute atomic E-state index is 0.0436. The van der Waals surface area contributed by atoms with Crippen LogP contribution in [0, 0.1) is 12.8 Å². The fourth-order valence-corrected chi connectivity index (χ4v) is 3.85. The number of hydrogen-bond acceptors (Lipinski definition) is 1. The second-order valence-electron chi connectivity index (χ2n) is 7.65. The molecular weight excluding hydrogens is 320 g/mol. The summed E-state index contributed by atoms with van der Waals surface area (Å²) in [5.74, 6) is 0.163. The largest absolute Gasteiger partial charge is 0.338 e. The Labute approximate surface area is 156 Å². The summed E-state index contributed by atoms with van der Waals surface area (Å²) in [7, 11) is 0. The van der Waals surface area contributed by atoms with Crippen molar-refractivity contribution in [1.82, 2.24) is 4.57 Å². The first-order valence-corrected chi connectivity index (χ1v) is 9.78. The van der Waals surface area contributed by atoms with E-state index in [1.807, 2.05) is 6.92 Å². The molecule has 1 heterocycles. The van der Waals surface area contributed by atoms with E-state index in [-0.39, 0.29) is 11.8 Å². The minimum atomic E-state index is 0.0436. The average Bonchev–Trinajstić information content (AvgIpc) is 2.97. The van der Waals surface area contributed by atoms with Crippen molar-refractivity contribution in [1.29, 1.82) is 0 Å². The number of unbranched alkanes of at least 4 members (excludes halogenated alkanes) is 1. The highest BCUT2D eigenvalue weighted by Crippen LogP contribution is 2.36. The summed E-state index contributed by atoms with van der Waals surface area (Å²) in [5, 5.41) is 5.66. The van der Waals surface area contributed by atoms with Gasteiger partial charge in [-0.25, -0.2) is 0 Å². The van der Waals surface area contributed by atoms with Gasteiger partial charge in [-0.1, -0.05) is 44.9 Å². The van der Waals surface area contributed by atoms with Crippen LogP contribution >= 0.6 is 0 Å². The Morgan fingerprint density at radius 1 is 1.08 bits per heavy atom. The summed E-state index contributed by atoms with van der Waals surface area (Å²) in [6.07, 6.45) is 3.15. The monoisotopic (exact) mass is 350 g/mol. The zero-order chi connectivity index (χ0) is 18.8. The van der Waals surface area contributed by atoms with Crippen LogP contribution in [0.3, 0.4) is 0 Å². The molecule has 3 nitrogen and oxygen atoms in total. The number of fused-ring (bicyclic) bond motifs is 3. The normalized spacial score (nSPS) is 12.8. The van der Waals surface area contributed by atoms with Crippen molar-refractivity contribution < 1.29 is 4.79 Å². The van der Waals surface area contributed by atoms with Crippen LogP contribution in [0.5, 0.6) is 0 Å². The van der Waals surface area contributed by atoms with E-state index in [2.05, 4.69) is 74.0 Å². The number of benzene rings is 2. The zero-order valence-electron chi connectivity index (χ0n) is 16.6. The first kappa shape index (κ1) is 18.5. The summed E-state index contributed by atoms with van der Waals surface area (Å²) in [5.41, 5.74) is 4.56. The Balaban J connectivity index is 2.06. The molecule has 3 rings (SSSR count). The Morgan fingerprint density at radius 3 is 2.50 bits per heavy atom. The number of carbonyl (C=O) groups is 1. The zero-order valence-corrected chi connectivity index (χ0v) is 16.6. The number of anilines is 1. The van der Waals surface area contributed by atoms with Crippen molar-refractivity contribution in [2.45, 2.75) is 59.9 Å². The molecule has 1 N–H and O–H groups in total. The topological polar surface area (TPSA) is 34.0 Å². The van der Waals surface area contributed by atoms with Gasteiger partial charge in [-0.05, 0) is 51.0 Å². The number of aryl methyl sites for hydroxylation is 1. The van der Waals surface area contributed by atoms with Gasteiger partial charge in [0.15, 0.2) is 0 Å². The Hall–Kier alpha value is -2.29. The summed E-state index contributed by atoms with van der Waals surface area (Å²) >= 11 is 0. The maximum atomic E-state index is 12.6. The molecule has 0 aliphatic heterocycles. The Kier molecular flexibility index (Phi) is 5.36. The van der Waals surface area contributed by atoms with E-state index < -0.39 is 0 Å². The average molecular weight is 351 g/mol. The smallest absolute Gasteiger partial charge is 0.227 e. The van der Waals surface area contributed by atoms with Crippen molar-refractivity contribution in [3.05, 3.63) is 42.0 Å². The van der Waals surface area contributed by atoms with Gasteiger partial charge in [-0.15, -0.1) is 0 Å². The number of aromatic nitrogens is 1. The standard InChI is InChI=1S/C23H30N2O/c1-6-7-10-16(4)23(26)24-19-13-14-21-22(17(19)5)18-11-8-9-12-20(18)25(21)15(2)3/h8-9,11-16H,6-7,10H2,1-5H3,(H,24,26). The third-order valence-electron chi connectivity index (χ3n) is 5.35. The highest BCUT2D eigenvalue weighted by atomic mass is 16.1. The van der Waals surface area contributed by atoms with Crippen LogP contribution in [0.15, 0.2) is 36.4 Å². The van der Waals surface area contributed by atoms with Crippen molar-refractivity contribution in [3.63, 3.8) is 0 Å². The summed E-state index contributed by atoms with van der Waals surface area (Å²) in [6, 6.07) is 13.1. The molecule has 0 aliphatic rings. The van der Waals surface area contributed by atoms with E-state index in [1.54, 1.807) is 0 Å². The number of carbonyl (C=O) groups excluding carboxylic acids is 1. The number of rotatable bonds is 6. The fourth-order valence-electron chi connectivity index (χ4n) is 3.85. The number of hydrogen-bond donors (Lipinski definition) is 1. The molecule has 3 aromatic rings. The van der Waals surface area contributed by atoms with Gasteiger partial charge in [-0.3, -0.25) is 4.79 Å². The van der Waals surface area contributed by atoms with Crippen LogP contribution in [0.1, 0.15) is 58.6 Å². The van der Waals surface area contributed by atoms with Crippen molar-refractivity contribution in [3.8, 4) is 0 Å². The second kappa shape index (κ2) is 7.53. The van der Waals surface area contributed by atoms with E-state index in [0.717, 1.165) is 30.5 Å². The summed E-state index contributed by atoms with van der Waals surface area (Å²) < 4.78 is 2.38. The number of nitrogens with zero attached hydrogens (tertiary/aromatic N) is 1. The van der Waals surface area contributed by atoms with E-state index in [9.17, 15) is 4.79 Å². The molecular formula is C23H30N2O. The predicted octanol–water partition coefficient (Wildman–Crippen LogP) is 6.45. The third kappa shape index (κ3) is 3.23. The van der Waals surface area contributed by atoms with Gasteiger partial charge in [0, 0.05) is 39.5 Å². The molecule has 138 valence electrons. The molecule has 0 bridgehead atoms. The third-order valence-corrected chi connectivity index (χ3v) is 5.35. The number of nitrogens with one attached hydrogen (secondary N) is 1. The maximum absolute atomic E-state index is 12.6. The molecule has 1 aromatic heterocycles. The second-order valence-corrected chi connectivity index (χ2v) is 7.65. The highest BCUT2D eigenvalue weighted by molar-refractivity contribution is 6.12. The molecule has 3 heteroatoms. The molecule has 0 saturated heterocycles. The lowest BCUT2D eigenvalue weighted by Crippen LogP contribution is -2.20. The molecule has 0 saturated carbocycles. The van der Waals surface area contributed by atoms with Gasteiger partial charge in [-0.2, -0.15) is 0 Å². The summed E-state index contributed by atoms with van der Waals surface area (Å²) in [4.78, 5) is 12.6. The van der Waals surface area contributed by atoms with Crippen LogP contribution in [0.4, 0.5) is 5.69 Å². The Morgan fingerprint density at radius 2 is 1.81 bits per heavy atom. The fraction of sp³-hybridized carbons (Fsp3) is 0.435. The van der Waals surface area contributed by atoms with E-state index in [0.29, 0.717) is 6.04 Å². The minimum Gasteiger partial charge on any atom is -0.338 e. The van der Waals surface area contributed by atoms with Crippen LogP contribution in [0.25, 0.3) is 21.8 Å². The SMILES string of the molecule is CCCCC(C)C(=O)Nc1ccc2c(c1C)c1ccccc1n2C(C)C. The van der Waals surface area contributed by atoms with Crippen molar-refractivity contribution in [2.75, 3.05) is 5.32 Å². The molecule has 1 amide bonds. The number of amides is 1. The van der Waals surface area contributed by atoms with Crippen LogP contribution in [-0.2, 0) is 4.79 Å². The number of para-hydroxylation sites is 1. The molecule has 26 heavy (non-hydrogen) atoms. The van der Waals surface area contributed by atoms with Crippen LogP contribution < -0.4 is 5.32 Å². The van der Waals surface area contributed by atoms with Gasteiger partial charge in [0.25, 0.3) is 0 Å². The quantitative estimate of drug-likeness (QED) is 0.544. The van der Waals surface area contributed by atoms with Crippen LogP contribution in [0.2, 0.25) is 0 Å². The van der Waals surface area contributed by atoms with Crippen molar-refractivity contribution >= 4 is 33.4 Å².